The molecule has 24 heavy (non-hydrogen) atoms. The molecular weight excluding hydrogens is 330 g/mol. The Morgan fingerprint density at radius 1 is 0.542 bits per heavy atom. The van der Waals surface area contributed by atoms with Crippen molar-refractivity contribution >= 4 is 0 Å². The second-order valence-electron chi connectivity index (χ2n) is 5.67. The first-order valence-electron chi connectivity index (χ1n) is 7.39. The molecule has 0 aliphatic carbocycles. The molecule has 0 amide bonds. The summed E-state index contributed by atoms with van der Waals surface area (Å²) in [6, 6.07) is 15.2. The Labute approximate surface area is 136 Å². The van der Waals surface area contributed by atoms with Crippen molar-refractivity contribution < 1.29 is 26.3 Å². The van der Waals surface area contributed by atoms with E-state index in [2.05, 4.69) is 0 Å². The molecule has 0 spiro atoms. The highest BCUT2D eigenvalue weighted by Gasteiger charge is 2.41. The van der Waals surface area contributed by atoms with Crippen molar-refractivity contribution in [1.29, 1.82) is 0 Å². The minimum atomic E-state index is -4.56. The molecule has 2 unspecified atom stereocenters. The van der Waals surface area contributed by atoms with Gasteiger partial charge in [-0.25, -0.2) is 0 Å². The first-order valence-corrected chi connectivity index (χ1v) is 7.39. The van der Waals surface area contributed by atoms with E-state index in [4.69, 9.17) is 0 Å². The molecule has 0 heterocycles. The molecule has 0 fully saturated rings. The second kappa shape index (κ2) is 7.28. The average Bonchev–Trinajstić information content (AvgIpc) is 2.50. The van der Waals surface area contributed by atoms with Crippen LogP contribution in [0.1, 0.15) is 35.8 Å². The lowest BCUT2D eigenvalue weighted by atomic mass is 9.77. The largest absolute Gasteiger partial charge is 0.389 e. The Balaban J connectivity index is 2.47. The second-order valence-corrected chi connectivity index (χ2v) is 5.67. The van der Waals surface area contributed by atoms with Crippen LogP contribution in [-0.4, -0.2) is 12.4 Å². The van der Waals surface area contributed by atoms with Crippen LogP contribution in [0.15, 0.2) is 60.7 Å². The molecule has 0 aromatic heterocycles. The van der Waals surface area contributed by atoms with Gasteiger partial charge in [-0.1, -0.05) is 60.7 Å². The maximum Gasteiger partial charge on any atom is 0.389 e. The highest BCUT2D eigenvalue weighted by atomic mass is 19.4. The number of hydrogen-bond donors (Lipinski definition) is 0. The van der Waals surface area contributed by atoms with Gasteiger partial charge in [0.05, 0.1) is 12.8 Å². The summed E-state index contributed by atoms with van der Waals surface area (Å²) in [5, 5.41) is 0. The molecule has 0 aliphatic rings. The number of halogens is 6. The van der Waals surface area contributed by atoms with Gasteiger partial charge in [-0.15, -0.1) is 0 Å². The Bertz CT molecular complexity index is 558. The summed E-state index contributed by atoms with van der Waals surface area (Å²) < 4.78 is 78.1. The molecule has 2 atom stereocenters. The third-order valence-corrected chi connectivity index (χ3v) is 3.84. The van der Waals surface area contributed by atoms with E-state index >= 15 is 0 Å². The van der Waals surface area contributed by atoms with Gasteiger partial charge in [0.1, 0.15) is 0 Å². The lowest BCUT2D eigenvalue weighted by Gasteiger charge is -2.30. The number of rotatable bonds is 5. The van der Waals surface area contributed by atoms with Gasteiger partial charge in [-0.2, -0.15) is 26.3 Å². The van der Waals surface area contributed by atoms with Crippen LogP contribution in [0.5, 0.6) is 0 Å². The number of alkyl halides is 6. The fraction of sp³-hybridized carbons (Fsp3) is 0.333. The lowest BCUT2D eigenvalue weighted by molar-refractivity contribution is -0.154. The van der Waals surface area contributed by atoms with E-state index in [0.29, 0.717) is 0 Å². The zero-order chi connectivity index (χ0) is 17.8. The van der Waals surface area contributed by atoms with E-state index in [-0.39, 0.29) is 11.1 Å². The maximum atomic E-state index is 13.0. The molecule has 0 N–H and O–H groups in total. The lowest BCUT2D eigenvalue weighted by Crippen LogP contribution is -2.24. The van der Waals surface area contributed by atoms with Crippen molar-refractivity contribution in [1.82, 2.24) is 0 Å². The van der Waals surface area contributed by atoms with E-state index in [1.54, 1.807) is 12.1 Å². The smallest absolute Gasteiger partial charge is 0.171 e. The third-order valence-electron chi connectivity index (χ3n) is 3.84. The minimum Gasteiger partial charge on any atom is -0.171 e. The summed E-state index contributed by atoms with van der Waals surface area (Å²) in [5.41, 5.74) is 0.515. The molecule has 2 aromatic carbocycles. The van der Waals surface area contributed by atoms with Gasteiger partial charge in [0, 0.05) is 0 Å². The van der Waals surface area contributed by atoms with Crippen molar-refractivity contribution in [2.75, 3.05) is 0 Å². The van der Waals surface area contributed by atoms with Crippen LogP contribution in [0.3, 0.4) is 0 Å². The molecule has 130 valence electrons. The van der Waals surface area contributed by atoms with Crippen molar-refractivity contribution in [3.8, 4) is 0 Å². The Morgan fingerprint density at radius 3 is 1.08 bits per heavy atom. The van der Waals surface area contributed by atoms with Crippen LogP contribution in [0, 0.1) is 0 Å². The number of benzene rings is 2. The first kappa shape index (κ1) is 18.4. The summed E-state index contributed by atoms with van der Waals surface area (Å²) in [7, 11) is 0. The summed E-state index contributed by atoms with van der Waals surface area (Å²) in [5.74, 6) is -2.59. The van der Waals surface area contributed by atoms with Crippen LogP contribution in [0.2, 0.25) is 0 Å². The van der Waals surface area contributed by atoms with E-state index < -0.39 is 37.0 Å². The highest BCUT2D eigenvalue weighted by Crippen LogP contribution is 2.45. The van der Waals surface area contributed by atoms with Crippen molar-refractivity contribution in [2.45, 2.75) is 37.0 Å². The van der Waals surface area contributed by atoms with Gasteiger partial charge in [0.25, 0.3) is 0 Å². The standard InChI is InChI=1S/C18H16F6/c19-17(20,21)11-15(13-7-3-1-4-8-13)16(12-18(22,23)24)14-9-5-2-6-10-14/h1-10,15-16H,11-12H2. The number of hydrogen-bond acceptors (Lipinski definition) is 0. The molecule has 0 saturated carbocycles. The van der Waals surface area contributed by atoms with Gasteiger partial charge >= 0.3 is 12.4 Å². The summed E-state index contributed by atoms with van der Waals surface area (Å²) >= 11 is 0. The van der Waals surface area contributed by atoms with Gasteiger partial charge in [-0.3, -0.25) is 0 Å². The third kappa shape index (κ3) is 5.58. The van der Waals surface area contributed by atoms with Crippen LogP contribution in [-0.2, 0) is 0 Å². The summed E-state index contributed by atoms with van der Waals surface area (Å²) in [6.07, 6.45) is -11.7. The van der Waals surface area contributed by atoms with Crippen LogP contribution in [0.4, 0.5) is 26.3 Å². The molecule has 0 nitrogen and oxygen atoms in total. The fourth-order valence-corrected chi connectivity index (χ4v) is 2.88. The van der Waals surface area contributed by atoms with Gasteiger partial charge in [0.2, 0.25) is 0 Å². The molecule has 0 bridgehead atoms. The average molecular weight is 346 g/mol. The van der Waals surface area contributed by atoms with Crippen molar-refractivity contribution in [3.63, 3.8) is 0 Å². The maximum absolute atomic E-state index is 13.0. The van der Waals surface area contributed by atoms with E-state index in [9.17, 15) is 26.3 Å². The normalized spacial score (nSPS) is 15.1. The molecule has 0 saturated heterocycles. The quantitative estimate of drug-likeness (QED) is 0.545. The van der Waals surface area contributed by atoms with Crippen LogP contribution < -0.4 is 0 Å². The predicted octanol–water partition coefficient (Wildman–Crippen LogP) is 6.46. The van der Waals surface area contributed by atoms with Gasteiger partial charge in [0.15, 0.2) is 0 Å². The molecule has 0 aliphatic heterocycles. The minimum absolute atomic E-state index is 0.257. The van der Waals surface area contributed by atoms with Crippen LogP contribution >= 0.6 is 0 Å². The molecule has 2 rings (SSSR count). The predicted molar refractivity (Wildman–Crippen MR) is 79.7 cm³/mol. The highest BCUT2D eigenvalue weighted by molar-refractivity contribution is 5.29. The Kier molecular flexibility index (Phi) is 5.57. The topological polar surface area (TPSA) is 0 Å². The Morgan fingerprint density at radius 2 is 0.833 bits per heavy atom. The molecule has 0 radical (unpaired) electrons. The van der Waals surface area contributed by atoms with E-state index in [0.717, 1.165) is 0 Å². The molecule has 6 heteroatoms. The summed E-state index contributed by atoms with van der Waals surface area (Å²) in [4.78, 5) is 0. The van der Waals surface area contributed by atoms with Gasteiger partial charge in [-0.05, 0) is 23.0 Å². The fourth-order valence-electron chi connectivity index (χ4n) is 2.88. The van der Waals surface area contributed by atoms with Crippen LogP contribution in [0.25, 0.3) is 0 Å². The SMILES string of the molecule is FC(F)(F)CC(c1ccccc1)C(CC(F)(F)F)c1ccccc1. The molecule has 2 aromatic rings. The monoisotopic (exact) mass is 346 g/mol. The zero-order valence-electron chi connectivity index (χ0n) is 12.6. The van der Waals surface area contributed by atoms with Crippen molar-refractivity contribution in [2.24, 2.45) is 0 Å². The molecular formula is C18H16F6. The van der Waals surface area contributed by atoms with Crippen molar-refractivity contribution in [3.05, 3.63) is 71.8 Å². The Hall–Kier alpha value is -1.98. The zero-order valence-corrected chi connectivity index (χ0v) is 12.6. The summed E-state index contributed by atoms with van der Waals surface area (Å²) in [6.45, 7) is 0. The van der Waals surface area contributed by atoms with Gasteiger partial charge < -0.3 is 0 Å². The van der Waals surface area contributed by atoms with E-state index in [1.807, 2.05) is 0 Å². The van der Waals surface area contributed by atoms with E-state index in [1.165, 1.54) is 48.5 Å². The first-order chi connectivity index (χ1) is 11.2.